The van der Waals surface area contributed by atoms with E-state index in [1.165, 1.54) is 17.6 Å². The first-order valence-corrected chi connectivity index (χ1v) is 9.28. The standard InChI is InChI=1S/C22H20N2O2S/c1-16-7-11-18(12-8-16)27-19-13-9-17(10-14-19)15-23-24-22(25)20-5-3-4-6-21(20)26-2/h3-15H,1-2H3,(H,24,25)/b23-15-. The number of nitrogens with one attached hydrogen (secondary N) is 1. The zero-order chi connectivity index (χ0) is 19.1. The maximum Gasteiger partial charge on any atom is 0.275 e. The van der Waals surface area contributed by atoms with Gasteiger partial charge in [0.2, 0.25) is 0 Å². The third-order valence-electron chi connectivity index (χ3n) is 3.87. The Morgan fingerprint density at radius 1 is 0.963 bits per heavy atom. The lowest BCUT2D eigenvalue weighted by Crippen LogP contribution is -2.18. The Hall–Kier alpha value is -3.05. The number of aryl methyl sites for hydroxylation is 1. The molecule has 4 nitrogen and oxygen atoms in total. The van der Waals surface area contributed by atoms with E-state index in [0.29, 0.717) is 11.3 Å². The van der Waals surface area contributed by atoms with Crippen molar-refractivity contribution in [3.05, 3.63) is 89.5 Å². The number of rotatable bonds is 6. The molecule has 1 amide bonds. The molecule has 0 aliphatic heterocycles. The van der Waals surface area contributed by atoms with Gasteiger partial charge in [-0.05, 0) is 48.9 Å². The summed E-state index contributed by atoms with van der Waals surface area (Å²) in [6.07, 6.45) is 1.62. The van der Waals surface area contributed by atoms with Gasteiger partial charge in [0.1, 0.15) is 5.75 Å². The van der Waals surface area contributed by atoms with E-state index in [1.807, 2.05) is 30.3 Å². The maximum absolute atomic E-state index is 12.2. The Bertz CT molecular complexity index is 935. The molecular formula is C22H20N2O2S. The van der Waals surface area contributed by atoms with E-state index in [4.69, 9.17) is 4.74 Å². The lowest BCUT2D eigenvalue weighted by Gasteiger charge is -2.06. The van der Waals surface area contributed by atoms with Gasteiger partial charge in [0.15, 0.2) is 0 Å². The summed E-state index contributed by atoms with van der Waals surface area (Å²) in [5.74, 6) is 0.206. The molecule has 0 spiro atoms. The summed E-state index contributed by atoms with van der Waals surface area (Å²) in [5.41, 5.74) is 5.13. The maximum atomic E-state index is 12.2. The van der Waals surface area contributed by atoms with Gasteiger partial charge < -0.3 is 4.74 Å². The summed E-state index contributed by atoms with van der Waals surface area (Å²) in [5, 5.41) is 4.03. The first kappa shape index (κ1) is 18.7. The molecule has 3 aromatic rings. The van der Waals surface area contributed by atoms with Crippen LogP contribution in [-0.2, 0) is 0 Å². The number of hydrogen-bond acceptors (Lipinski definition) is 4. The highest BCUT2D eigenvalue weighted by atomic mass is 32.2. The van der Waals surface area contributed by atoms with Gasteiger partial charge in [-0.15, -0.1) is 0 Å². The highest BCUT2D eigenvalue weighted by Crippen LogP contribution is 2.27. The van der Waals surface area contributed by atoms with Crippen LogP contribution in [0.25, 0.3) is 0 Å². The number of carbonyl (C=O) groups is 1. The monoisotopic (exact) mass is 376 g/mol. The molecular weight excluding hydrogens is 356 g/mol. The Balaban J connectivity index is 1.59. The lowest BCUT2D eigenvalue weighted by atomic mass is 10.2. The fourth-order valence-electron chi connectivity index (χ4n) is 2.42. The largest absolute Gasteiger partial charge is 0.496 e. The highest BCUT2D eigenvalue weighted by Gasteiger charge is 2.09. The van der Waals surface area contributed by atoms with Crippen LogP contribution >= 0.6 is 11.8 Å². The molecule has 0 atom stereocenters. The van der Waals surface area contributed by atoms with Gasteiger partial charge in [-0.25, -0.2) is 5.43 Å². The summed E-state index contributed by atoms with van der Waals surface area (Å²) in [6.45, 7) is 2.08. The van der Waals surface area contributed by atoms with Crippen molar-refractivity contribution >= 4 is 23.9 Å². The topological polar surface area (TPSA) is 50.7 Å². The van der Waals surface area contributed by atoms with Gasteiger partial charge in [0.25, 0.3) is 5.91 Å². The van der Waals surface area contributed by atoms with Crippen molar-refractivity contribution in [2.75, 3.05) is 7.11 Å². The van der Waals surface area contributed by atoms with E-state index in [-0.39, 0.29) is 5.91 Å². The second kappa shape index (κ2) is 9.05. The van der Waals surface area contributed by atoms with Crippen molar-refractivity contribution in [1.82, 2.24) is 5.43 Å². The number of amides is 1. The highest BCUT2D eigenvalue weighted by molar-refractivity contribution is 7.99. The minimum absolute atomic E-state index is 0.310. The molecule has 1 N–H and O–H groups in total. The molecule has 136 valence electrons. The number of hydrazone groups is 1. The molecule has 0 unspecified atom stereocenters. The first-order chi connectivity index (χ1) is 13.2. The molecule has 0 bridgehead atoms. The molecule has 0 saturated carbocycles. The zero-order valence-corrected chi connectivity index (χ0v) is 16.0. The van der Waals surface area contributed by atoms with Gasteiger partial charge in [-0.2, -0.15) is 5.10 Å². The number of nitrogens with zero attached hydrogens (tertiary/aromatic N) is 1. The van der Waals surface area contributed by atoms with Crippen LogP contribution in [0.4, 0.5) is 0 Å². The summed E-state index contributed by atoms with van der Waals surface area (Å²) < 4.78 is 5.18. The Labute approximate surface area is 163 Å². The molecule has 5 heteroatoms. The van der Waals surface area contributed by atoms with Crippen LogP contribution in [-0.4, -0.2) is 19.2 Å². The number of para-hydroxylation sites is 1. The molecule has 3 rings (SSSR count). The van der Waals surface area contributed by atoms with Gasteiger partial charge in [-0.1, -0.05) is 53.7 Å². The Morgan fingerprint density at radius 2 is 1.59 bits per heavy atom. The van der Waals surface area contributed by atoms with Crippen molar-refractivity contribution in [3.8, 4) is 5.75 Å². The van der Waals surface area contributed by atoms with Crippen LogP contribution < -0.4 is 10.2 Å². The van der Waals surface area contributed by atoms with Gasteiger partial charge in [0.05, 0.1) is 18.9 Å². The average molecular weight is 376 g/mol. The third kappa shape index (κ3) is 5.21. The average Bonchev–Trinajstić information content (AvgIpc) is 2.71. The van der Waals surface area contributed by atoms with E-state index in [1.54, 1.807) is 36.2 Å². The van der Waals surface area contributed by atoms with E-state index in [0.717, 1.165) is 10.5 Å². The second-order valence-corrected chi connectivity index (χ2v) is 7.03. The fourth-order valence-corrected chi connectivity index (χ4v) is 3.24. The molecule has 0 aliphatic carbocycles. The number of methoxy groups -OCH3 is 1. The van der Waals surface area contributed by atoms with Crippen LogP contribution in [0.1, 0.15) is 21.5 Å². The Morgan fingerprint density at radius 3 is 2.26 bits per heavy atom. The van der Waals surface area contributed by atoms with Crippen molar-refractivity contribution in [2.45, 2.75) is 16.7 Å². The van der Waals surface area contributed by atoms with Crippen LogP contribution in [0.15, 0.2) is 87.7 Å². The predicted molar refractivity (Wildman–Crippen MR) is 110 cm³/mol. The minimum Gasteiger partial charge on any atom is -0.496 e. The van der Waals surface area contributed by atoms with E-state index >= 15 is 0 Å². The fraction of sp³-hybridized carbons (Fsp3) is 0.0909. The number of benzene rings is 3. The van der Waals surface area contributed by atoms with Gasteiger partial charge in [-0.3, -0.25) is 4.79 Å². The van der Waals surface area contributed by atoms with Crippen molar-refractivity contribution in [2.24, 2.45) is 5.10 Å². The summed E-state index contributed by atoms with van der Waals surface area (Å²) in [7, 11) is 1.53. The van der Waals surface area contributed by atoms with Crippen LogP contribution in [0.3, 0.4) is 0 Å². The number of ether oxygens (including phenoxy) is 1. The molecule has 0 heterocycles. The molecule has 0 radical (unpaired) electrons. The Kier molecular flexibility index (Phi) is 6.28. The molecule has 27 heavy (non-hydrogen) atoms. The predicted octanol–water partition coefficient (Wildman–Crippen LogP) is 4.92. The first-order valence-electron chi connectivity index (χ1n) is 8.47. The third-order valence-corrected chi connectivity index (χ3v) is 4.88. The summed E-state index contributed by atoms with van der Waals surface area (Å²) >= 11 is 1.71. The normalized spacial score (nSPS) is 10.7. The van der Waals surface area contributed by atoms with Crippen molar-refractivity contribution in [3.63, 3.8) is 0 Å². The van der Waals surface area contributed by atoms with Crippen molar-refractivity contribution < 1.29 is 9.53 Å². The van der Waals surface area contributed by atoms with E-state index in [9.17, 15) is 4.79 Å². The quantitative estimate of drug-likeness (QED) is 0.491. The van der Waals surface area contributed by atoms with Crippen LogP contribution in [0.2, 0.25) is 0 Å². The smallest absolute Gasteiger partial charge is 0.275 e. The zero-order valence-electron chi connectivity index (χ0n) is 15.2. The SMILES string of the molecule is COc1ccccc1C(=O)N/N=C\c1ccc(Sc2ccc(C)cc2)cc1. The molecule has 0 aromatic heterocycles. The summed E-state index contributed by atoms with van der Waals surface area (Å²) in [4.78, 5) is 14.5. The lowest BCUT2D eigenvalue weighted by molar-refractivity contribution is 0.0952. The molecule has 3 aromatic carbocycles. The van der Waals surface area contributed by atoms with E-state index in [2.05, 4.69) is 41.7 Å². The molecule has 0 saturated heterocycles. The van der Waals surface area contributed by atoms with Crippen molar-refractivity contribution in [1.29, 1.82) is 0 Å². The second-order valence-electron chi connectivity index (χ2n) is 5.88. The van der Waals surface area contributed by atoms with E-state index < -0.39 is 0 Å². The summed E-state index contributed by atoms with van der Waals surface area (Å²) in [6, 6.07) is 23.5. The van der Waals surface area contributed by atoms with Crippen LogP contribution in [0, 0.1) is 6.92 Å². The number of carbonyl (C=O) groups excluding carboxylic acids is 1. The van der Waals surface area contributed by atoms with Gasteiger partial charge in [0, 0.05) is 9.79 Å². The number of hydrogen-bond donors (Lipinski definition) is 1. The van der Waals surface area contributed by atoms with Crippen LogP contribution in [0.5, 0.6) is 5.75 Å². The molecule has 0 fully saturated rings. The molecule has 0 aliphatic rings. The minimum atomic E-state index is -0.310. The van der Waals surface area contributed by atoms with Gasteiger partial charge >= 0.3 is 0 Å².